The lowest BCUT2D eigenvalue weighted by atomic mass is 10.0. The van der Waals surface area contributed by atoms with Crippen molar-refractivity contribution in [3.05, 3.63) is 77.9 Å². The lowest BCUT2D eigenvalue weighted by Crippen LogP contribution is -2.35. The van der Waals surface area contributed by atoms with Crippen molar-refractivity contribution < 1.29 is 9.59 Å². The first-order valence-corrected chi connectivity index (χ1v) is 7.97. The molecule has 2 atom stereocenters. The van der Waals surface area contributed by atoms with Crippen LogP contribution in [-0.4, -0.2) is 34.8 Å². The number of hydrogen-bond acceptors (Lipinski definition) is 2. The van der Waals surface area contributed by atoms with E-state index in [2.05, 4.69) is 0 Å². The van der Waals surface area contributed by atoms with Crippen LogP contribution < -0.4 is 0 Å². The molecule has 3 amide bonds. The molecule has 2 aromatic rings. The molecule has 1 heterocycles. The summed E-state index contributed by atoms with van der Waals surface area (Å²) in [5.41, 5.74) is 1.89. The van der Waals surface area contributed by atoms with Gasteiger partial charge in [-0.25, -0.2) is 4.79 Å². The maximum atomic E-state index is 12.7. The molecule has 0 aliphatic carbocycles. The number of amides is 3. The van der Waals surface area contributed by atoms with Crippen molar-refractivity contribution in [2.24, 2.45) is 0 Å². The van der Waals surface area contributed by atoms with Crippen molar-refractivity contribution in [1.29, 1.82) is 0 Å². The summed E-state index contributed by atoms with van der Waals surface area (Å²) < 4.78 is 0. The van der Waals surface area contributed by atoms with Crippen molar-refractivity contribution in [2.75, 3.05) is 7.05 Å². The van der Waals surface area contributed by atoms with Crippen LogP contribution in [0.4, 0.5) is 4.79 Å². The Morgan fingerprint density at radius 3 is 2.21 bits per heavy atom. The molecule has 0 spiro atoms. The predicted octanol–water partition coefficient (Wildman–Crippen LogP) is 3.72. The monoisotopic (exact) mass is 320 g/mol. The summed E-state index contributed by atoms with van der Waals surface area (Å²) in [7, 11) is 1.73. The zero-order valence-corrected chi connectivity index (χ0v) is 13.8. The fourth-order valence-corrected chi connectivity index (χ4v) is 3.01. The molecule has 1 saturated heterocycles. The normalized spacial score (nSPS) is 20.8. The van der Waals surface area contributed by atoms with E-state index >= 15 is 0 Å². The van der Waals surface area contributed by atoms with Crippen LogP contribution in [0.5, 0.6) is 0 Å². The third kappa shape index (κ3) is 2.95. The van der Waals surface area contributed by atoms with Crippen molar-refractivity contribution in [2.45, 2.75) is 19.0 Å². The molecule has 3 rings (SSSR count). The quantitative estimate of drug-likeness (QED) is 0.809. The molecule has 24 heavy (non-hydrogen) atoms. The van der Waals surface area contributed by atoms with Gasteiger partial charge in [0.2, 0.25) is 0 Å². The molecule has 4 heteroatoms. The molecule has 0 N–H and O–H groups in total. The summed E-state index contributed by atoms with van der Waals surface area (Å²) in [6, 6.07) is 18.6. The minimum atomic E-state index is -0.297. The summed E-state index contributed by atoms with van der Waals surface area (Å²) in [6.07, 6.45) is 3.20. The van der Waals surface area contributed by atoms with E-state index in [1.165, 1.54) is 11.0 Å². The van der Waals surface area contributed by atoms with E-state index in [4.69, 9.17) is 0 Å². The molecule has 1 fully saturated rings. The van der Waals surface area contributed by atoms with Gasteiger partial charge in [-0.1, -0.05) is 60.7 Å². The van der Waals surface area contributed by atoms with E-state index in [-0.39, 0.29) is 24.0 Å². The maximum Gasteiger partial charge on any atom is 0.327 e. The lowest BCUT2D eigenvalue weighted by molar-refractivity contribution is -0.124. The van der Waals surface area contributed by atoms with Crippen LogP contribution in [0.2, 0.25) is 0 Å². The number of urea groups is 1. The molecule has 0 aromatic heterocycles. The molecular formula is C20H20N2O2. The highest BCUT2D eigenvalue weighted by atomic mass is 16.2. The van der Waals surface area contributed by atoms with Crippen molar-refractivity contribution in [3.8, 4) is 0 Å². The first-order chi connectivity index (χ1) is 11.6. The molecule has 4 nitrogen and oxygen atoms in total. The van der Waals surface area contributed by atoms with Gasteiger partial charge in [0.1, 0.15) is 0 Å². The summed E-state index contributed by atoms with van der Waals surface area (Å²) in [4.78, 5) is 28.2. The lowest BCUT2D eigenvalue weighted by Gasteiger charge is -2.23. The second-order valence-corrected chi connectivity index (χ2v) is 5.94. The van der Waals surface area contributed by atoms with E-state index < -0.39 is 0 Å². The van der Waals surface area contributed by atoms with E-state index in [1.54, 1.807) is 18.0 Å². The van der Waals surface area contributed by atoms with Gasteiger partial charge in [0.05, 0.1) is 12.1 Å². The van der Waals surface area contributed by atoms with Crippen LogP contribution in [0.1, 0.15) is 24.1 Å². The Hall–Kier alpha value is -2.88. The first-order valence-electron chi connectivity index (χ1n) is 7.97. The maximum absolute atomic E-state index is 12.7. The van der Waals surface area contributed by atoms with Gasteiger partial charge in [0.15, 0.2) is 0 Å². The van der Waals surface area contributed by atoms with Gasteiger partial charge in [0, 0.05) is 13.1 Å². The van der Waals surface area contributed by atoms with E-state index in [0.717, 1.165) is 11.1 Å². The van der Waals surface area contributed by atoms with Gasteiger partial charge >= 0.3 is 6.03 Å². The summed E-state index contributed by atoms with van der Waals surface area (Å²) in [6.45, 7) is 1.96. The van der Waals surface area contributed by atoms with Gasteiger partial charge in [-0.05, 0) is 24.1 Å². The molecule has 1 aliphatic rings. The SMILES string of the molecule is CC1C(c2ccccc2)N(C(=O)C=Cc2ccccc2)C(=O)N1C. The van der Waals surface area contributed by atoms with E-state index in [1.807, 2.05) is 67.6 Å². The number of imide groups is 1. The summed E-state index contributed by atoms with van der Waals surface area (Å²) >= 11 is 0. The third-order valence-corrected chi connectivity index (χ3v) is 4.45. The molecule has 0 saturated carbocycles. The van der Waals surface area contributed by atoms with Crippen LogP contribution in [0.15, 0.2) is 66.7 Å². The molecular weight excluding hydrogens is 300 g/mol. The zero-order valence-electron chi connectivity index (χ0n) is 13.8. The first kappa shape index (κ1) is 16.0. The molecule has 122 valence electrons. The van der Waals surface area contributed by atoms with Crippen LogP contribution in [0, 0.1) is 0 Å². The zero-order chi connectivity index (χ0) is 17.1. The standard InChI is InChI=1S/C20H20N2O2/c1-15-19(17-11-7-4-8-12-17)22(20(24)21(15)2)18(23)14-13-16-9-5-3-6-10-16/h3-15,19H,1-2H3. The van der Waals surface area contributed by atoms with Gasteiger partial charge < -0.3 is 4.90 Å². The van der Waals surface area contributed by atoms with Crippen molar-refractivity contribution >= 4 is 18.0 Å². The number of carbonyl (C=O) groups excluding carboxylic acids is 2. The predicted molar refractivity (Wildman–Crippen MR) is 94.1 cm³/mol. The largest absolute Gasteiger partial charge is 0.327 e. The average Bonchev–Trinajstić information content (AvgIpc) is 2.85. The van der Waals surface area contributed by atoms with Crippen LogP contribution >= 0.6 is 0 Å². The topological polar surface area (TPSA) is 40.6 Å². The smallest absolute Gasteiger partial charge is 0.322 e. The Balaban J connectivity index is 1.90. The highest BCUT2D eigenvalue weighted by Gasteiger charge is 2.44. The second-order valence-electron chi connectivity index (χ2n) is 5.94. The molecule has 0 bridgehead atoms. The molecule has 0 radical (unpaired) electrons. The highest BCUT2D eigenvalue weighted by Crippen LogP contribution is 2.34. The Kier molecular flexibility index (Phi) is 4.47. The van der Waals surface area contributed by atoms with Gasteiger partial charge in [-0.15, -0.1) is 0 Å². The van der Waals surface area contributed by atoms with Crippen molar-refractivity contribution in [3.63, 3.8) is 0 Å². The fourth-order valence-electron chi connectivity index (χ4n) is 3.01. The van der Waals surface area contributed by atoms with Gasteiger partial charge in [-0.3, -0.25) is 9.69 Å². The highest BCUT2D eigenvalue weighted by molar-refractivity contribution is 6.04. The van der Waals surface area contributed by atoms with Crippen LogP contribution in [0.3, 0.4) is 0 Å². The average molecular weight is 320 g/mol. The minimum absolute atomic E-state index is 0.0750. The molecule has 2 unspecified atom stereocenters. The summed E-state index contributed by atoms with van der Waals surface area (Å²) in [5.74, 6) is -0.297. The van der Waals surface area contributed by atoms with E-state index in [0.29, 0.717) is 0 Å². The Morgan fingerprint density at radius 1 is 1.00 bits per heavy atom. The summed E-state index contributed by atoms with van der Waals surface area (Å²) in [5, 5.41) is 0. The Morgan fingerprint density at radius 2 is 1.58 bits per heavy atom. The fraction of sp³-hybridized carbons (Fsp3) is 0.200. The molecule has 1 aliphatic heterocycles. The van der Waals surface area contributed by atoms with Gasteiger partial charge in [-0.2, -0.15) is 0 Å². The Bertz CT molecular complexity index is 756. The number of nitrogens with zero attached hydrogens (tertiary/aromatic N) is 2. The van der Waals surface area contributed by atoms with Crippen LogP contribution in [0.25, 0.3) is 6.08 Å². The number of carbonyl (C=O) groups is 2. The third-order valence-electron chi connectivity index (χ3n) is 4.45. The van der Waals surface area contributed by atoms with Gasteiger partial charge in [0.25, 0.3) is 5.91 Å². The van der Waals surface area contributed by atoms with Crippen molar-refractivity contribution in [1.82, 2.24) is 9.80 Å². The number of likely N-dealkylation sites (N-methyl/N-ethyl adjacent to an activating group) is 1. The number of rotatable bonds is 3. The van der Waals surface area contributed by atoms with Crippen LogP contribution in [-0.2, 0) is 4.79 Å². The van der Waals surface area contributed by atoms with E-state index in [9.17, 15) is 9.59 Å². The Labute approximate surface area is 142 Å². The number of benzene rings is 2. The minimum Gasteiger partial charge on any atom is -0.322 e. The second kappa shape index (κ2) is 6.71. The molecule has 2 aromatic carbocycles. The number of hydrogen-bond donors (Lipinski definition) is 0.